The number of likely N-dealkylation sites (tertiary alicyclic amines) is 2. The predicted molar refractivity (Wildman–Crippen MR) is 68.2 cm³/mol. The lowest BCUT2D eigenvalue weighted by Crippen LogP contribution is -2.41. The zero-order valence-electron chi connectivity index (χ0n) is 10.5. The highest BCUT2D eigenvalue weighted by molar-refractivity contribution is 5.81. The van der Waals surface area contributed by atoms with Gasteiger partial charge in [-0.15, -0.1) is 0 Å². The zero-order valence-corrected chi connectivity index (χ0v) is 10.5. The van der Waals surface area contributed by atoms with Gasteiger partial charge in [0.15, 0.2) is 5.84 Å². The first kappa shape index (κ1) is 12.6. The number of nitrogens with two attached hydrogens (primary N) is 1. The van der Waals surface area contributed by atoms with Crippen LogP contribution in [0.1, 0.15) is 25.7 Å². The maximum atomic E-state index is 8.54. The topological polar surface area (TPSA) is 65.1 Å². The second-order valence-electron chi connectivity index (χ2n) is 5.32. The van der Waals surface area contributed by atoms with Crippen molar-refractivity contribution < 1.29 is 5.21 Å². The summed E-state index contributed by atoms with van der Waals surface area (Å²) in [6, 6.07) is 0. The summed E-state index contributed by atoms with van der Waals surface area (Å²) in [5.74, 6) is 1.17. The van der Waals surface area contributed by atoms with Crippen molar-refractivity contribution in [3.63, 3.8) is 0 Å². The fraction of sp³-hybridized carbons (Fsp3) is 0.917. The van der Waals surface area contributed by atoms with E-state index in [0.717, 1.165) is 19.0 Å². The molecule has 98 valence electrons. The molecule has 17 heavy (non-hydrogen) atoms. The Labute approximate surface area is 103 Å². The Hall–Kier alpha value is -0.810. The molecule has 0 aromatic heterocycles. The summed E-state index contributed by atoms with van der Waals surface area (Å²) in [4.78, 5) is 4.87. The van der Waals surface area contributed by atoms with Crippen LogP contribution in [0.3, 0.4) is 0 Å². The summed E-state index contributed by atoms with van der Waals surface area (Å²) in [7, 11) is 0. The number of hydrogen-bond donors (Lipinski definition) is 2. The lowest BCUT2D eigenvalue weighted by atomic mass is 9.96. The Kier molecular flexibility index (Phi) is 4.62. The summed E-state index contributed by atoms with van der Waals surface area (Å²) in [6.45, 7) is 6.63. The molecule has 0 aliphatic carbocycles. The predicted octanol–water partition coefficient (Wildman–Crippen LogP) is 0.541. The quantitative estimate of drug-likeness (QED) is 0.326. The van der Waals surface area contributed by atoms with Crippen LogP contribution in [0.2, 0.25) is 0 Å². The molecule has 0 aromatic carbocycles. The minimum atomic E-state index is 0.322. The second kappa shape index (κ2) is 6.21. The van der Waals surface area contributed by atoms with Crippen LogP contribution in [0.5, 0.6) is 0 Å². The van der Waals surface area contributed by atoms with Crippen LogP contribution < -0.4 is 5.73 Å². The highest BCUT2D eigenvalue weighted by Gasteiger charge is 2.22. The third-order valence-corrected chi connectivity index (χ3v) is 3.94. The summed E-state index contributed by atoms with van der Waals surface area (Å²) >= 11 is 0. The fourth-order valence-electron chi connectivity index (χ4n) is 2.92. The van der Waals surface area contributed by atoms with E-state index < -0.39 is 0 Å². The van der Waals surface area contributed by atoms with Gasteiger partial charge in [0.25, 0.3) is 0 Å². The van der Waals surface area contributed by atoms with Gasteiger partial charge in [-0.05, 0) is 57.8 Å². The standard InChI is InChI=1S/C12H24N4O/c13-12(14-17)10-16-7-3-11(4-8-16)9-15-5-1-2-6-15/h11,17H,1-10H2,(H2,13,14). The third kappa shape index (κ3) is 3.85. The minimum absolute atomic E-state index is 0.322. The van der Waals surface area contributed by atoms with Crippen molar-refractivity contribution in [3.8, 4) is 0 Å². The smallest absolute Gasteiger partial charge is 0.153 e. The molecule has 3 N–H and O–H groups in total. The molecular weight excluding hydrogens is 216 g/mol. The van der Waals surface area contributed by atoms with Gasteiger partial charge in [-0.2, -0.15) is 0 Å². The average Bonchev–Trinajstić information content (AvgIpc) is 2.84. The Morgan fingerprint density at radius 3 is 2.35 bits per heavy atom. The van der Waals surface area contributed by atoms with Crippen LogP contribution in [-0.4, -0.2) is 60.1 Å². The maximum absolute atomic E-state index is 8.54. The monoisotopic (exact) mass is 240 g/mol. The van der Waals surface area contributed by atoms with Crippen molar-refractivity contribution in [3.05, 3.63) is 0 Å². The first-order valence-corrected chi connectivity index (χ1v) is 6.69. The van der Waals surface area contributed by atoms with Crippen LogP contribution in [0.15, 0.2) is 5.16 Å². The van der Waals surface area contributed by atoms with Gasteiger partial charge in [0.2, 0.25) is 0 Å². The Bertz CT molecular complexity index is 255. The molecular formula is C12H24N4O. The fourth-order valence-corrected chi connectivity index (χ4v) is 2.92. The van der Waals surface area contributed by atoms with Crippen LogP contribution >= 0.6 is 0 Å². The van der Waals surface area contributed by atoms with E-state index in [2.05, 4.69) is 15.0 Å². The first-order valence-electron chi connectivity index (χ1n) is 6.69. The number of amidine groups is 1. The van der Waals surface area contributed by atoms with E-state index >= 15 is 0 Å². The molecule has 2 aliphatic heterocycles. The molecule has 2 aliphatic rings. The molecule has 2 heterocycles. The van der Waals surface area contributed by atoms with Gasteiger partial charge in [0.05, 0.1) is 6.54 Å². The van der Waals surface area contributed by atoms with Gasteiger partial charge in [0.1, 0.15) is 0 Å². The Morgan fingerprint density at radius 2 is 1.76 bits per heavy atom. The number of oxime groups is 1. The van der Waals surface area contributed by atoms with Crippen molar-refractivity contribution >= 4 is 5.84 Å². The number of piperidine rings is 1. The van der Waals surface area contributed by atoms with Crippen LogP contribution in [0, 0.1) is 5.92 Å². The van der Waals surface area contributed by atoms with E-state index in [1.54, 1.807) is 0 Å². The minimum Gasteiger partial charge on any atom is -0.409 e. The summed E-state index contributed by atoms with van der Waals surface area (Å²) < 4.78 is 0. The summed E-state index contributed by atoms with van der Waals surface area (Å²) in [6.07, 6.45) is 5.25. The van der Waals surface area contributed by atoms with Gasteiger partial charge in [0, 0.05) is 6.54 Å². The van der Waals surface area contributed by atoms with Crippen molar-refractivity contribution in [2.75, 3.05) is 39.3 Å². The molecule has 5 heteroatoms. The van der Waals surface area contributed by atoms with E-state index in [4.69, 9.17) is 10.9 Å². The lowest BCUT2D eigenvalue weighted by molar-refractivity contribution is 0.166. The van der Waals surface area contributed by atoms with E-state index in [1.165, 1.54) is 45.3 Å². The SMILES string of the molecule is NC(CN1CCC(CN2CCCC2)CC1)=NO. The molecule has 0 aromatic rings. The van der Waals surface area contributed by atoms with Crippen LogP contribution in [-0.2, 0) is 0 Å². The van der Waals surface area contributed by atoms with Gasteiger partial charge in [-0.3, -0.25) is 4.90 Å². The molecule has 0 spiro atoms. The average molecular weight is 240 g/mol. The van der Waals surface area contributed by atoms with Crippen molar-refractivity contribution in [1.82, 2.24) is 9.80 Å². The number of hydrogen-bond acceptors (Lipinski definition) is 4. The van der Waals surface area contributed by atoms with E-state index in [9.17, 15) is 0 Å². The summed E-state index contributed by atoms with van der Waals surface area (Å²) in [5.41, 5.74) is 5.52. The Balaban J connectivity index is 1.66. The molecule has 2 saturated heterocycles. The number of rotatable bonds is 4. The van der Waals surface area contributed by atoms with Crippen molar-refractivity contribution in [1.29, 1.82) is 0 Å². The molecule has 2 fully saturated rings. The molecule has 0 bridgehead atoms. The highest BCUT2D eigenvalue weighted by atomic mass is 16.4. The van der Waals surface area contributed by atoms with E-state index in [1.807, 2.05) is 0 Å². The molecule has 0 amide bonds. The van der Waals surface area contributed by atoms with Gasteiger partial charge in [-0.25, -0.2) is 0 Å². The van der Waals surface area contributed by atoms with Gasteiger partial charge in [-0.1, -0.05) is 5.16 Å². The normalized spacial score (nSPS) is 25.5. The summed E-state index contributed by atoms with van der Waals surface area (Å²) in [5, 5.41) is 11.6. The molecule has 0 unspecified atom stereocenters. The maximum Gasteiger partial charge on any atom is 0.153 e. The molecule has 0 saturated carbocycles. The number of nitrogens with zero attached hydrogens (tertiary/aromatic N) is 3. The molecule has 0 atom stereocenters. The molecule has 0 radical (unpaired) electrons. The Morgan fingerprint density at radius 1 is 1.12 bits per heavy atom. The molecule has 5 nitrogen and oxygen atoms in total. The highest BCUT2D eigenvalue weighted by Crippen LogP contribution is 2.20. The largest absolute Gasteiger partial charge is 0.409 e. The zero-order chi connectivity index (χ0) is 12.1. The van der Waals surface area contributed by atoms with Gasteiger partial charge < -0.3 is 15.8 Å². The molecule has 2 rings (SSSR count). The van der Waals surface area contributed by atoms with Crippen LogP contribution in [0.25, 0.3) is 0 Å². The first-order chi connectivity index (χ1) is 8.28. The lowest BCUT2D eigenvalue weighted by Gasteiger charge is -2.33. The van der Waals surface area contributed by atoms with Crippen molar-refractivity contribution in [2.24, 2.45) is 16.8 Å². The van der Waals surface area contributed by atoms with Gasteiger partial charge >= 0.3 is 0 Å². The van der Waals surface area contributed by atoms with E-state index in [-0.39, 0.29) is 0 Å². The second-order valence-corrected chi connectivity index (χ2v) is 5.32. The van der Waals surface area contributed by atoms with Crippen LogP contribution in [0.4, 0.5) is 0 Å². The third-order valence-electron chi connectivity index (χ3n) is 3.94. The van der Waals surface area contributed by atoms with E-state index in [0.29, 0.717) is 12.4 Å². The van der Waals surface area contributed by atoms with Crippen molar-refractivity contribution in [2.45, 2.75) is 25.7 Å².